The van der Waals surface area contributed by atoms with Crippen LogP contribution in [0.25, 0.3) is 10.2 Å². The Bertz CT molecular complexity index is 554. The molecule has 2 aromatic rings. The average molecular weight is 280 g/mol. The summed E-state index contributed by atoms with van der Waals surface area (Å²) in [5.74, 6) is 0.956. The van der Waals surface area contributed by atoms with Crippen molar-refractivity contribution in [1.29, 1.82) is 0 Å². The molecule has 2 heterocycles. The van der Waals surface area contributed by atoms with E-state index in [0.29, 0.717) is 11.3 Å². The minimum Gasteiger partial charge on any atom is -0.366 e. The van der Waals surface area contributed by atoms with E-state index in [1.165, 1.54) is 30.8 Å². The molecular formula is C12H16N4S2. The molecule has 0 aliphatic heterocycles. The quantitative estimate of drug-likeness (QED) is 0.936. The van der Waals surface area contributed by atoms with Gasteiger partial charge in [-0.1, -0.05) is 6.42 Å². The summed E-state index contributed by atoms with van der Waals surface area (Å²) in [7, 11) is 0. The number of thioether (sulfide) groups is 1. The maximum atomic E-state index is 4.41. The maximum absolute atomic E-state index is 4.41. The number of anilines is 1. The Kier molecular flexibility index (Phi) is 3.39. The molecule has 4 nitrogen and oxygen atoms in total. The Labute approximate surface area is 115 Å². The highest BCUT2D eigenvalue weighted by Crippen LogP contribution is 2.33. The van der Waals surface area contributed by atoms with Gasteiger partial charge in [-0.05, 0) is 37.6 Å². The first-order valence-electron chi connectivity index (χ1n) is 6.16. The van der Waals surface area contributed by atoms with Gasteiger partial charge >= 0.3 is 0 Å². The van der Waals surface area contributed by atoms with Gasteiger partial charge in [0.25, 0.3) is 0 Å². The monoisotopic (exact) mass is 280 g/mol. The van der Waals surface area contributed by atoms with Crippen LogP contribution in [0.4, 0.5) is 5.82 Å². The first-order chi connectivity index (χ1) is 8.79. The lowest BCUT2D eigenvalue weighted by molar-refractivity contribution is 0.764. The summed E-state index contributed by atoms with van der Waals surface area (Å²) in [6.07, 6.45) is 7.66. The molecule has 0 radical (unpaired) electrons. The van der Waals surface area contributed by atoms with Gasteiger partial charge in [-0.15, -0.1) is 0 Å². The molecular weight excluding hydrogens is 264 g/mol. The van der Waals surface area contributed by atoms with Crippen LogP contribution in [0.3, 0.4) is 0 Å². The number of nitrogens with zero attached hydrogens (tertiary/aromatic N) is 3. The molecule has 3 rings (SSSR count). The molecule has 0 saturated heterocycles. The molecule has 2 atom stereocenters. The van der Waals surface area contributed by atoms with Crippen molar-refractivity contribution < 1.29 is 0 Å². The minimum atomic E-state index is 0.525. The third-order valence-corrected chi connectivity index (χ3v) is 5.54. The molecule has 0 spiro atoms. The van der Waals surface area contributed by atoms with E-state index in [1.807, 2.05) is 18.7 Å². The highest BCUT2D eigenvalue weighted by molar-refractivity contribution is 7.99. The number of aromatic nitrogens is 3. The first-order valence-corrected chi connectivity index (χ1v) is 8.22. The van der Waals surface area contributed by atoms with Crippen LogP contribution in [-0.4, -0.2) is 31.9 Å². The Morgan fingerprint density at radius 1 is 1.39 bits per heavy atom. The zero-order valence-corrected chi connectivity index (χ0v) is 12.1. The van der Waals surface area contributed by atoms with Gasteiger partial charge in [0.1, 0.15) is 17.0 Å². The second-order valence-corrected chi connectivity index (χ2v) is 6.46. The first kappa shape index (κ1) is 12.2. The summed E-state index contributed by atoms with van der Waals surface area (Å²) in [6.45, 7) is 2.02. The third kappa shape index (κ3) is 2.07. The van der Waals surface area contributed by atoms with Gasteiger partial charge in [0, 0.05) is 11.3 Å². The molecule has 1 saturated carbocycles. The molecule has 0 aromatic carbocycles. The molecule has 0 bridgehead atoms. The maximum Gasteiger partial charge on any atom is 0.149 e. The summed E-state index contributed by atoms with van der Waals surface area (Å²) in [4.78, 5) is 9.66. The number of hydrogen-bond acceptors (Lipinski definition) is 6. The normalized spacial score (nSPS) is 23.7. The van der Waals surface area contributed by atoms with E-state index < -0.39 is 0 Å². The molecule has 1 fully saturated rings. The Morgan fingerprint density at radius 2 is 2.28 bits per heavy atom. The molecule has 2 unspecified atom stereocenters. The Balaban J connectivity index is 1.92. The fourth-order valence-corrected chi connectivity index (χ4v) is 4.26. The van der Waals surface area contributed by atoms with E-state index in [2.05, 4.69) is 25.9 Å². The molecule has 18 heavy (non-hydrogen) atoms. The zero-order valence-electron chi connectivity index (χ0n) is 10.5. The van der Waals surface area contributed by atoms with Gasteiger partial charge in [0.05, 0.1) is 11.1 Å². The molecule has 96 valence electrons. The molecule has 2 aromatic heterocycles. The molecule has 1 aliphatic carbocycles. The minimum absolute atomic E-state index is 0.525. The van der Waals surface area contributed by atoms with Crippen LogP contribution in [0.15, 0.2) is 6.33 Å². The SMILES string of the molecule is CSC1CCCC1Nc1ncnc2snc(C)c12. The number of hydrogen-bond donors (Lipinski definition) is 1. The predicted molar refractivity (Wildman–Crippen MR) is 78.5 cm³/mol. The van der Waals surface area contributed by atoms with Crippen molar-refractivity contribution in [3.63, 3.8) is 0 Å². The van der Waals surface area contributed by atoms with Gasteiger partial charge in [-0.2, -0.15) is 16.1 Å². The van der Waals surface area contributed by atoms with Crippen LogP contribution in [-0.2, 0) is 0 Å². The largest absolute Gasteiger partial charge is 0.366 e. The lowest BCUT2D eigenvalue weighted by atomic mass is 10.2. The van der Waals surface area contributed by atoms with Crippen molar-refractivity contribution in [2.45, 2.75) is 37.5 Å². The van der Waals surface area contributed by atoms with Crippen molar-refractivity contribution >= 4 is 39.3 Å². The second kappa shape index (κ2) is 5.01. The van der Waals surface area contributed by atoms with Gasteiger partial charge in [0.2, 0.25) is 0 Å². The van der Waals surface area contributed by atoms with Crippen LogP contribution in [0, 0.1) is 6.92 Å². The van der Waals surface area contributed by atoms with Crippen molar-refractivity contribution in [2.24, 2.45) is 0 Å². The number of fused-ring (bicyclic) bond motifs is 1. The smallest absolute Gasteiger partial charge is 0.149 e. The second-order valence-electron chi connectivity index (χ2n) is 4.63. The van der Waals surface area contributed by atoms with Crippen molar-refractivity contribution in [2.75, 3.05) is 11.6 Å². The van der Waals surface area contributed by atoms with Gasteiger partial charge < -0.3 is 5.32 Å². The van der Waals surface area contributed by atoms with E-state index in [9.17, 15) is 0 Å². The van der Waals surface area contributed by atoms with Crippen LogP contribution in [0.1, 0.15) is 25.0 Å². The van der Waals surface area contributed by atoms with E-state index in [1.54, 1.807) is 6.33 Å². The van der Waals surface area contributed by atoms with Crippen LogP contribution >= 0.6 is 23.3 Å². The van der Waals surface area contributed by atoms with Crippen LogP contribution < -0.4 is 5.32 Å². The van der Waals surface area contributed by atoms with Gasteiger partial charge in [-0.3, -0.25) is 0 Å². The van der Waals surface area contributed by atoms with E-state index >= 15 is 0 Å². The molecule has 1 N–H and O–H groups in total. The van der Waals surface area contributed by atoms with E-state index in [4.69, 9.17) is 0 Å². The summed E-state index contributed by atoms with van der Waals surface area (Å²) < 4.78 is 4.36. The van der Waals surface area contributed by atoms with Gasteiger partial charge in [0.15, 0.2) is 0 Å². The lowest BCUT2D eigenvalue weighted by Gasteiger charge is -2.20. The topological polar surface area (TPSA) is 50.7 Å². The predicted octanol–water partition coefficient (Wildman–Crippen LogP) is 3.09. The average Bonchev–Trinajstić information content (AvgIpc) is 2.97. The molecule has 6 heteroatoms. The fourth-order valence-electron chi connectivity index (χ4n) is 2.58. The zero-order chi connectivity index (χ0) is 12.5. The summed E-state index contributed by atoms with van der Waals surface area (Å²) in [5.41, 5.74) is 1.02. The summed E-state index contributed by atoms with van der Waals surface area (Å²) >= 11 is 3.40. The van der Waals surface area contributed by atoms with Crippen molar-refractivity contribution in [1.82, 2.24) is 14.3 Å². The lowest BCUT2D eigenvalue weighted by Crippen LogP contribution is -2.26. The van der Waals surface area contributed by atoms with Crippen molar-refractivity contribution in [3.8, 4) is 0 Å². The molecule has 0 amide bonds. The van der Waals surface area contributed by atoms with Crippen molar-refractivity contribution in [3.05, 3.63) is 12.0 Å². The van der Waals surface area contributed by atoms with E-state index in [0.717, 1.165) is 21.7 Å². The summed E-state index contributed by atoms with van der Waals surface area (Å²) in [6, 6.07) is 0.525. The van der Waals surface area contributed by atoms with Crippen LogP contribution in [0.2, 0.25) is 0 Å². The fraction of sp³-hybridized carbons (Fsp3) is 0.583. The van der Waals surface area contributed by atoms with Gasteiger partial charge in [-0.25, -0.2) is 9.97 Å². The van der Waals surface area contributed by atoms with Crippen LogP contribution in [0.5, 0.6) is 0 Å². The standard InChI is InChI=1S/C12H16N4S2/c1-7-10-11(13-6-14-12(10)18-16-7)15-8-4-3-5-9(8)17-2/h6,8-9H,3-5H2,1-2H3,(H,13,14,15). The Hall–Kier alpha value is -0.880. The molecule has 1 aliphatic rings. The summed E-state index contributed by atoms with van der Waals surface area (Å²) in [5, 5.41) is 5.39. The Morgan fingerprint density at radius 3 is 3.11 bits per heavy atom. The highest BCUT2D eigenvalue weighted by Gasteiger charge is 2.27. The number of aryl methyl sites for hydroxylation is 1. The number of rotatable bonds is 3. The third-order valence-electron chi connectivity index (χ3n) is 3.52. The number of nitrogens with one attached hydrogen (secondary N) is 1. The van der Waals surface area contributed by atoms with E-state index in [-0.39, 0.29) is 0 Å². The highest BCUT2D eigenvalue weighted by atomic mass is 32.2.